The minimum atomic E-state index is 0.307. The quantitative estimate of drug-likeness (QED) is 0.882. The predicted octanol–water partition coefficient (Wildman–Crippen LogP) is 3.79. The third-order valence-corrected chi connectivity index (χ3v) is 4.95. The Morgan fingerprint density at radius 2 is 1.82 bits per heavy atom. The molecule has 0 atom stereocenters. The van der Waals surface area contributed by atoms with E-state index >= 15 is 0 Å². The Morgan fingerprint density at radius 3 is 2.29 bits per heavy atom. The fourth-order valence-corrected chi connectivity index (χ4v) is 4.69. The van der Waals surface area contributed by atoms with Crippen molar-refractivity contribution < 1.29 is 0 Å². The van der Waals surface area contributed by atoms with Crippen molar-refractivity contribution in [1.82, 2.24) is 0 Å². The van der Waals surface area contributed by atoms with E-state index in [1.54, 1.807) is 0 Å². The summed E-state index contributed by atoms with van der Waals surface area (Å²) in [5.74, 6) is 0.717. The summed E-state index contributed by atoms with van der Waals surface area (Å²) in [6.45, 7) is 7.65. The van der Waals surface area contributed by atoms with Crippen LogP contribution in [0.1, 0.15) is 45.1 Å². The maximum Gasteiger partial charge on any atom is 0.0299 e. The molecule has 1 saturated carbocycles. The molecule has 1 aromatic carbocycles. The van der Waals surface area contributed by atoms with Gasteiger partial charge in [0.2, 0.25) is 0 Å². The van der Waals surface area contributed by atoms with E-state index in [-0.39, 0.29) is 0 Å². The Labute approximate surface area is 109 Å². The summed E-state index contributed by atoms with van der Waals surface area (Å²) >= 11 is 2.06. The Balaban J connectivity index is 2.00. The SMILES string of the molecule is CC(C)(C)SC1(CN)CC(c2ccccc2)C1. The zero-order chi connectivity index (χ0) is 12.5. The van der Waals surface area contributed by atoms with Crippen LogP contribution >= 0.6 is 11.8 Å². The van der Waals surface area contributed by atoms with Gasteiger partial charge in [0, 0.05) is 16.0 Å². The molecule has 1 aliphatic rings. The standard InChI is InChI=1S/C15H23NS/c1-14(2,3)17-15(11-16)9-13(10-15)12-7-5-4-6-8-12/h4-8,13H,9-11,16H2,1-3H3. The van der Waals surface area contributed by atoms with Crippen LogP contribution in [-0.2, 0) is 0 Å². The van der Waals surface area contributed by atoms with E-state index in [2.05, 4.69) is 62.9 Å². The van der Waals surface area contributed by atoms with Crippen molar-refractivity contribution in [3.05, 3.63) is 35.9 Å². The van der Waals surface area contributed by atoms with Gasteiger partial charge in [-0.15, -0.1) is 11.8 Å². The number of thioether (sulfide) groups is 1. The zero-order valence-corrected chi connectivity index (χ0v) is 11.9. The molecule has 0 aromatic heterocycles. The lowest BCUT2D eigenvalue weighted by Crippen LogP contribution is -2.48. The first-order valence-corrected chi connectivity index (χ1v) is 7.21. The molecule has 0 bridgehead atoms. The summed E-state index contributed by atoms with van der Waals surface area (Å²) in [5, 5.41) is 0. The second-order valence-electron chi connectivity index (χ2n) is 6.12. The van der Waals surface area contributed by atoms with Crippen LogP contribution < -0.4 is 5.73 Å². The van der Waals surface area contributed by atoms with Crippen molar-refractivity contribution >= 4 is 11.8 Å². The summed E-state index contributed by atoms with van der Waals surface area (Å²) in [5.41, 5.74) is 7.47. The molecule has 2 N–H and O–H groups in total. The van der Waals surface area contributed by atoms with Crippen LogP contribution in [0.15, 0.2) is 30.3 Å². The van der Waals surface area contributed by atoms with Crippen LogP contribution in [0, 0.1) is 0 Å². The number of hydrogen-bond donors (Lipinski definition) is 1. The van der Waals surface area contributed by atoms with Crippen LogP contribution in [0.5, 0.6) is 0 Å². The monoisotopic (exact) mass is 249 g/mol. The molecule has 0 radical (unpaired) electrons. The van der Waals surface area contributed by atoms with Crippen molar-refractivity contribution in [3.63, 3.8) is 0 Å². The van der Waals surface area contributed by atoms with Gasteiger partial charge in [-0.25, -0.2) is 0 Å². The number of hydrogen-bond acceptors (Lipinski definition) is 2. The van der Waals surface area contributed by atoms with Crippen molar-refractivity contribution in [2.45, 2.75) is 49.0 Å². The van der Waals surface area contributed by atoms with Crippen LogP contribution in [0.2, 0.25) is 0 Å². The normalized spacial score (nSPS) is 28.8. The molecule has 0 unspecified atom stereocenters. The maximum absolute atomic E-state index is 6.00. The van der Waals surface area contributed by atoms with Crippen LogP contribution in [0.25, 0.3) is 0 Å². The fourth-order valence-electron chi connectivity index (χ4n) is 2.74. The fraction of sp³-hybridized carbons (Fsp3) is 0.600. The molecule has 2 heteroatoms. The molecule has 1 nitrogen and oxygen atoms in total. The summed E-state index contributed by atoms with van der Waals surface area (Å²) in [6, 6.07) is 10.8. The summed E-state index contributed by atoms with van der Waals surface area (Å²) < 4.78 is 0.625. The predicted molar refractivity (Wildman–Crippen MR) is 77.5 cm³/mol. The molecular formula is C15H23NS. The Hall–Kier alpha value is -0.470. The van der Waals surface area contributed by atoms with Crippen LogP contribution in [0.4, 0.5) is 0 Å². The van der Waals surface area contributed by atoms with Crippen LogP contribution in [0.3, 0.4) is 0 Å². The lowest BCUT2D eigenvalue weighted by atomic mass is 9.70. The van der Waals surface area contributed by atoms with E-state index in [1.807, 2.05) is 0 Å². The summed E-state index contributed by atoms with van der Waals surface area (Å²) in [7, 11) is 0. The third-order valence-electron chi connectivity index (χ3n) is 3.40. The molecule has 17 heavy (non-hydrogen) atoms. The number of benzene rings is 1. The van der Waals surface area contributed by atoms with Gasteiger partial charge in [-0.05, 0) is 24.3 Å². The average Bonchev–Trinajstić information content (AvgIpc) is 2.23. The summed E-state index contributed by atoms with van der Waals surface area (Å²) in [4.78, 5) is 0. The van der Waals surface area contributed by atoms with Crippen LogP contribution in [-0.4, -0.2) is 16.0 Å². The van der Waals surface area contributed by atoms with Gasteiger partial charge in [-0.2, -0.15) is 0 Å². The van der Waals surface area contributed by atoms with Crippen molar-refractivity contribution in [2.24, 2.45) is 5.73 Å². The highest BCUT2D eigenvalue weighted by Gasteiger charge is 2.46. The van der Waals surface area contributed by atoms with Gasteiger partial charge in [-0.3, -0.25) is 0 Å². The highest BCUT2D eigenvalue weighted by Crippen LogP contribution is 2.55. The largest absolute Gasteiger partial charge is 0.329 e. The molecule has 0 heterocycles. The maximum atomic E-state index is 6.00. The van der Waals surface area contributed by atoms with Gasteiger partial charge < -0.3 is 5.73 Å². The summed E-state index contributed by atoms with van der Waals surface area (Å²) in [6.07, 6.45) is 2.46. The molecule has 1 aliphatic carbocycles. The second kappa shape index (κ2) is 4.66. The van der Waals surface area contributed by atoms with Crippen molar-refractivity contribution in [3.8, 4) is 0 Å². The first kappa shape index (κ1) is 13.0. The molecule has 0 amide bonds. The van der Waals surface area contributed by atoms with Gasteiger partial charge in [0.15, 0.2) is 0 Å². The molecule has 0 spiro atoms. The lowest BCUT2D eigenvalue weighted by molar-refractivity contribution is 0.310. The topological polar surface area (TPSA) is 26.0 Å². The second-order valence-corrected chi connectivity index (χ2v) is 8.41. The smallest absolute Gasteiger partial charge is 0.0299 e. The van der Waals surface area contributed by atoms with E-state index < -0.39 is 0 Å². The highest BCUT2D eigenvalue weighted by atomic mass is 32.2. The molecule has 1 aromatic rings. The van der Waals surface area contributed by atoms with E-state index in [1.165, 1.54) is 18.4 Å². The number of nitrogens with two attached hydrogens (primary N) is 1. The molecule has 0 aliphatic heterocycles. The van der Waals surface area contributed by atoms with Gasteiger partial charge in [0.25, 0.3) is 0 Å². The average molecular weight is 249 g/mol. The van der Waals surface area contributed by atoms with E-state index in [0.717, 1.165) is 12.5 Å². The third kappa shape index (κ3) is 3.05. The minimum absolute atomic E-state index is 0.307. The van der Waals surface area contributed by atoms with E-state index in [4.69, 9.17) is 5.73 Å². The van der Waals surface area contributed by atoms with Gasteiger partial charge >= 0.3 is 0 Å². The van der Waals surface area contributed by atoms with Gasteiger partial charge in [0.1, 0.15) is 0 Å². The van der Waals surface area contributed by atoms with E-state index in [0.29, 0.717) is 9.49 Å². The Bertz CT molecular complexity index is 360. The number of rotatable bonds is 3. The Morgan fingerprint density at radius 1 is 1.24 bits per heavy atom. The highest BCUT2D eigenvalue weighted by molar-refractivity contribution is 8.02. The molecule has 2 rings (SSSR count). The molecule has 1 fully saturated rings. The van der Waals surface area contributed by atoms with Crippen molar-refractivity contribution in [2.75, 3.05) is 6.54 Å². The van der Waals surface area contributed by atoms with E-state index in [9.17, 15) is 0 Å². The molecular weight excluding hydrogens is 226 g/mol. The first-order chi connectivity index (χ1) is 7.94. The van der Waals surface area contributed by atoms with Gasteiger partial charge in [-0.1, -0.05) is 51.1 Å². The van der Waals surface area contributed by atoms with Crippen molar-refractivity contribution in [1.29, 1.82) is 0 Å². The molecule has 94 valence electrons. The molecule has 0 saturated heterocycles. The van der Waals surface area contributed by atoms with Gasteiger partial charge in [0.05, 0.1) is 0 Å². The zero-order valence-electron chi connectivity index (χ0n) is 11.1. The minimum Gasteiger partial charge on any atom is -0.329 e. The Kier molecular flexibility index (Phi) is 3.55. The first-order valence-electron chi connectivity index (χ1n) is 6.39. The lowest BCUT2D eigenvalue weighted by Gasteiger charge is -2.49.